The molecule has 0 atom stereocenters. The molecule has 126 valence electrons. The van der Waals surface area contributed by atoms with E-state index in [1.54, 1.807) is 23.2 Å². The van der Waals surface area contributed by atoms with Crippen LogP contribution in [0.4, 0.5) is 0 Å². The molecule has 1 aliphatic rings. The molecule has 0 saturated carbocycles. The Kier molecular flexibility index (Phi) is 7.72. The normalized spacial score (nSPS) is 20.6. The van der Waals surface area contributed by atoms with Crippen LogP contribution in [0.15, 0.2) is 30.5 Å². The maximum atomic E-state index is 9.61. The molecule has 8 nitrogen and oxygen atoms in total. The molecule has 1 saturated heterocycles. The fourth-order valence-corrected chi connectivity index (χ4v) is 2.15. The van der Waals surface area contributed by atoms with Crippen LogP contribution < -0.4 is 20.0 Å². The smallest absolute Gasteiger partial charge is 0.142 e. The molecule has 0 bridgehead atoms. The van der Waals surface area contributed by atoms with Crippen molar-refractivity contribution in [2.45, 2.75) is 6.54 Å². The summed E-state index contributed by atoms with van der Waals surface area (Å²) in [5.41, 5.74) is 0.826. The van der Waals surface area contributed by atoms with E-state index in [9.17, 15) is 24.9 Å². The lowest BCUT2D eigenvalue weighted by Gasteiger charge is -2.27. The lowest BCUT2D eigenvalue weighted by atomic mass is 10.2. The lowest BCUT2D eigenvalue weighted by molar-refractivity contribution is -1.01. The van der Waals surface area contributed by atoms with Gasteiger partial charge in [-0.2, -0.15) is 0 Å². The number of rotatable bonds is 4. The number of nitrogens with one attached hydrogen (secondary N) is 2. The van der Waals surface area contributed by atoms with Gasteiger partial charge in [0.15, 0.2) is 0 Å². The van der Waals surface area contributed by atoms with E-state index >= 15 is 0 Å². The van der Waals surface area contributed by atoms with E-state index in [1.807, 2.05) is 0 Å². The average molecular weight is 323 g/mol. The first kappa shape index (κ1) is 18.6. The third-order valence-corrected chi connectivity index (χ3v) is 3.45. The fraction of sp³-hybridized carbons (Fsp3) is 0.400. The second-order valence-electron chi connectivity index (χ2n) is 5.32. The molecule has 0 aliphatic carbocycles. The monoisotopic (exact) mass is 323 g/mol. The number of carboxylic acid groups (broad SMARTS) is 2. The minimum atomic E-state index is -1.55. The molecule has 1 fully saturated rings. The first-order valence-electron chi connectivity index (χ1n) is 7.26. The van der Waals surface area contributed by atoms with E-state index in [-0.39, 0.29) is 0 Å². The van der Waals surface area contributed by atoms with Crippen LogP contribution >= 0.6 is 0 Å². The van der Waals surface area contributed by atoms with Gasteiger partial charge in [-0.3, -0.25) is 4.98 Å². The van der Waals surface area contributed by atoms with Crippen molar-refractivity contribution < 1.29 is 34.7 Å². The van der Waals surface area contributed by atoms with Crippen molar-refractivity contribution in [3.05, 3.63) is 36.2 Å². The SMILES string of the molecule is C[NH+]1CC[NH+](Cc2ncccc2O)CC1.O=C([O-])/C=C/C(=O)[O-]. The number of pyridine rings is 1. The van der Waals surface area contributed by atoms with Gasteiger partial charge in [-0.15, -0.1) is 0 Å². The molecule has 0 radical (unpaired) electrons. The predicted molar refractivity (Wildman–Crippen MR) is 76.1 cm³/mol. The third-order valence-electron chi connectivity index (χ3n) is 3.45. The molecule has 0 unspecified atom stereocenters. The second kappa shape index (κ2) is 9.54. The molecule has 23 heavy (non-hydrogen) atoms. The number of aromatic hydroxyl groups is 1. The summed E-state index contributed by atoms with van der Waals surface area (Å²) >= 11 is 0. The van der Waals surface area contributed by atoms with Crippen LogP contribution in [-0.4, -0.2) is 55.3 Å². The van der Waals surface area contributed by atoms with Gasteiger partial charge >= 0.3 is 0 Å². The van der Waals surface area contributed by atoms with E-state index in [4.69, 9.17) is 0 Å². The number of piperazine rings is 1. The lowest BCUT2D eigenvalue weighted by Crippen LogP contribution is -3.26. The Morgan fingerprint density at radius 1 is 1.22 bits per heavy atom. The summed E-state index contributed by atoms with van der Waals surface area (Å²) in [4.78, 5) is 26.2. The standard InChI is InChI=1S/C11H17N3O.C4H4O4/c1-13-5-7-14(8-6-13)9-10-11(15)3-2-4-12-10;5-3(6)1-2-4(7)8/h2-4,15H,5-9H2,1H3;1-2H,(H,5,6)(H,7,8)/b;2-1+. The maximum Gasteiger partial charge on any atom is 0.142 e. The zero-order valence-electron chi connectivity index (χ0n) is 12.9. The number of hydrogen-bond donors (Lipinski definition) is 3. The molecule has 8 heteroatoms. The number of carbonyl (C=O) groups excluding carboxylic acids is 2. The first-order valence-corrected chi connectivity index (χ1v) is 7.26. The zero-order valence-corrected chi connectivity index (χ0v) is 12.9. The van der Waals surface area contributed by atoms with Gasteiger partial charge in [0.05, 0.1) is 19.0 Å². The van der Waals surface area contributed by atoms with Crippen molar-refractivity contribution in [3.63, 3.8) is 0 Å². The summed E-state index contributed by atoms with van der Waals surface area (Å²) in [6, 6.07) is 3.48. The minimum Gasteiger partial charge on any atom is -0.545 e. The first-order chi connectivity index (χ1) is 10.9. The van der Waals surface area contributed by atoms with Crippen molar-refractivity contribution in [2.24, 2.45) is 0 Å². The number of aliphatic carboxylic acids is 2. The van der Waals surface area contributed by atoms with Crippen LogP contribution in [0.3, 0.4) is 0 Å². The number of aromatic nitrogens is 1. The molecule has 1 aliphatic heterocycles. The number of hydrogen-bond acceptors (Lipinski definition) is 6. The number of likely N-dealkylation sites (N-methyl/N-ethyl adjacent to an activating group) is 1. The van der Waals surface area contributed by atoms with Crippen LogP contribution in [0.5, 0.6) is 5.75 Å². The van der Waals surface area contributed by atoms with Gasteiger partial charge in [-0.25, -0.2) is 0 Å². The Morgan fingerprint density at radius 3 is 2.26 bits per heavy atom. The van der Waals surface area contributed by atoms with E-state index in [0.717, 1.165) is 12.2 Å². The molecule has 0 spiro atoms. The van der Waals surface area contributed by atoms with E-state index in [0.29, 0.717) is 17.9 Å². The van der Waals surface area contributed by atoms with Crippen LogP contribution in [-0.2, 0) is 16.1 Å². The number of quaternary nitrogens is 2. The Balaban J connectivity index is 0.000000284. The molecule has 0 amide bonds. The fourth-order valence-electron chi connectivity index (χ4n) is 2.15. The van der Waals surface area contributed by atoms with Gasteiger partial charge in [0.2, 0.25) is 0 Å². The molecule has 1 aromatic rings. The highest BCUT2D eigenvalue weighted by atomic mass is 16.4. The minimum absolute atomic E-state index is 0.330. The van der Waals surface area contributed by atoms with Crippen molar-refractivity contribution in [1.29, 1.82) is 0 Å². The van der Waals surface area contributed by atoms with Gasteiger partial charge in [-0.1, -0.05) is 0 Å². The summed E-state index contributed by atoms with van der Waals surface area (Å²) in [5, 5.41) is 28.4. The van der Waals surface area contributed by atoms with E-state index in [2.05, 4.69) is 12.0 Å². The molecule has 1 aromatic heterocycles. The van der Waals surface area contributed by atoms with Gasteiger partial charge in [0.25, 0.3) is 0 Å². The summed E-state index contributed by atoms with van der Waals surface area (Å²) < 4.78 is 0. The Hall–Kier alpha value is -2.45. The van der Waals surface area contributed by atoms with Crippen molar-refractivity contribution in [3.8, 4) is 5.75 Å². The molecule has 3 N–H and O–H groups in total. The van der Waals surface area contributed by atoms with Crippen LogP contribution in [0, 0.1) is 0 Å². The Morgan fingerprint density at radius 2 is 1.78 bits per heavy atom. The highest BCUT2D eigenvalue weighted by Gasteiger charge is 2.21. The number of carboxylic acids is 2. The largest absolute Gasteiger partial charge is 0.545 e. The van der Waals surface area contributed by atoms with Crippen molar-refractivity contribution >= 4 is 11.9 Å². The van der Waals surface area contributed by atoms with Crippen LogP contribution in [0.2, 0.25) is 0 Å². The van der Waals surface area contributed by atoms with E-state index in [1.165, 1.54) is 31.1 Å². The van der Waals surface area contributed by atoms with Crippen molar-refractivity contribution in [1.82, 2.24) is 4.98 Å². The molecular weight excluding hydrogens is 302 g/mol. The number of carbonyl (C=O) groups is 2. The molecule has 2 rings (SSSR count). The number of nitrogens with zero attached hydrogens (tertiary/aromatic N) is 1. The second-order valence-corrected chi connectivity index (χ2v) is 5.32. The molecular formula is C15H21N3O5. The highest BCUT2D eigenvalue weighted by Crippen LogP contribution is 2.10. The average Bonchev–Trinajstić information content (AvgIpc) is 2.50. The van der Waals surface area contributed by atoms with Crippen LogP contribution in [0.1, 0.15) is 5.69 Å². The van der Waals surface area contributed by atoms with Gasteiger partial charge in [0.1, 0.15) is 44.2 Å². The van der Waals surface area contributed by atoms with Gasteiger partial charge < -0.3 is 34.7 Å². The third kappa shape index (κ3) is 7.93. The highest BCUT2D eigenvalue weighted by molar-refractivity contribution is 5.87. The zero-order chi connectivity index (χ0) is 17.2. The topological polar surface area (TPSA) is 122 Å². The van der Waals surface area contributed by atoms with E-state index < -0.39 is 11.9 Å². The van der Waals surface area contributed by atoms with Gasteiger partial charge in [0, 0.05) is 6.20 Å². The quantitative estimate of drug-likeness (QED) is 0.476. The van der Waals surface area contributed by atoms with Crippen molar-refractivity contribution in [2.75, 3.05) is 33.2 Å². The predicted octanol–water partition coefficient (Wildman–Crippen LogP) is -5.26. The Labute approximate surface area is 134 Å². The summed E-state index contributed by atoms with van der Waals surface area (Å²) in [5.74, 6) is -2.76. The summed E-state index contributed by atoms with van der Waals surface area (Å²) in [6.07, 6.45) is 2.51. The van der Waals surface area contributed by atoms with Crippen LogP contribution in [0.25, 0.3) is 0 Å². The van der Waals surface area contributed by atoms with Gasteiger partial charge in [-0.05, 0) is 24.3 Å². The maximum absolute atomic E-state index is 9.61. The summed E-state index contributed by atoms with van der Waals surface area (Å²) in [7, 11) is 2.23. The summed E-state index contributed by atoms with van der Waals surface area (Å²) in [6.45, 7) is 5.61. The molecule has 0 aromatic carbocycles. The molecule has 2 heterocycles. The Bertz CT molecular complexity index is 538.